The molecule has 1 saturated heterocycles. The Labute approximate surface area is 129 Å². The summed E-state index contributed by atoms with van der Waals surface area (Å²) in [6.45, 7) is 3.55. The van der Waals surface area contributed by atoms with Gasteiger partial charge in [0.1, 0.15) is 5.75 Å². The van der Waals surface area contributed by atoms with E-state index in [4.69, 9.17) is 5.11 Å². The molecule has 2 aromatic rings. The molecule has 0 saturated carbocycles. The van der Waals surface area contributed by atoms with Crippen molar-refractivity contribution < 1.29 is 15.0 Å². The Balaban J connectivity index is 1.63. The smallest absolute Gasteiger partial charge is 0.335 e. The van der Waals surface area contributed by atoms with Crippen LogP contribution in [0.15, 0.2) is 48.5 Å². The minimum absolute atomic E-state index is 0.279. The number of carbonyl (C=O) groups is 1. The Morgan fingerprint density at radius 3 is 1.59 bits per heavy atom. The van der Waals surface area contributed by atoms with Crippen molar-refractivity contribution in [2.24, 2.45) is 0 Å². The Kier molecular flexibility index (Phi) is 3.87. The van der Waals surface area contributed by atoms with Crippen molar-refractivity contribution in [1.29, 1.82) is 0 Å². The summed E-state index contributed by atoms with van der Waals surface area (Å²) in [5, 5.41) is 18.3. The van der Waals surface area contributed by atoms with Crippen molar-refractivity contribution in [1.82, 2.24) is 0 Å². The first-order valence-corrected chi connectivity index (χ1v) is 7.26. The third-order valence-electron chi connectivity index (χ3n) is 3.97. The first kappa shape index (κ1) is 14.3. The minimum atomic E-state index is -0.899. The van der Waals surface area contributed by atoms with Crippen LogP contribution in [-0.2, 0) is 0 Å². The van der Waals surface area contributed by atoms with Gasteiger partial charge in [-0.25, -0.2) is 4.79 Å². The van der Waals surface area contributed by atoms with Gasteiger partial charge >= 0.3 is 5.97 Å². The van der Waals surface area contributed by atoms with Crippen molar-refractivity contribution in [2.45, 2.75) is 0 Å². The molecule has 0 spiro atoms. The molecule has 0 radical (unpaired) electrons. The molecule has 5 nitrogen and oxygen atoms in total. The maximum absolute atomic E-state index is 10.9. The molecule has 22 heavy (non-hydrogen) atoms. The highest BCUT2D eigenvalue weighted by Gasteiger charge is 2.17. The molecule has 1 heterocycles. The van der Waals surface area contributed by atoms with Gasteiger partial charge in [-0.15, -0.1) is 0 Å². The number of hydrogen-bond acceptors (Lipinski definition) is 4. The fourth-order valence-electron chi connectivity index (χ4n) is 2.70. The van der Waals surface area contributed by atoms with Gasteiger partial charge in [0.25, 0.3) is 0 Å². The molecular weight excluding hydrogens is 280 g/mol. The summed E-state index contributed by atoms with van der Waals surface area (Å²) in [6.07, 6.45) is 0. The van der Waals surface area contributed by atoms with E-state index >= 15 is 0 Å². The lowest BCUT2D eigenvalue weighted by Crippen LogP contribution is -2.46. The third-order valence-corrected chi connectivity index (χ3v) is 3.97. The van der Waals surface area contributed by atoms with E-state index in [9.17, 15) is 9.90 Å². The predicted molar refractivity (Wildman–Crippen MR) is 85.9 cm³/mol. The van der Waals surface area contributed by atoms with Crippen LogP contribution in [0.5, 0.6) is 5.75 Å². The predicted octanol–water partition coefficient (Wildman–Crippen LogP) is 2.42. The number of piperazine rings is 1. The number of carboxylic acids is 1. The SMILES string of the molecule is O=C(O)c1ccc(N2CCN(c3ccc(O)cc3)CC2)cc1. The maximum atomic E-state index is 10.9. The number of aromatic hydroxyl groups is 1. The number of nitrogens with zero attached hydrogens (tertiary/aromatic N) is 2. The van der Waals surface area contributed by atoms with E-state index in [1.165, 1.54) is 0 Å². The number of aromatic carboxylic acids is 1. The highest BCUT2D eigenvalue weighted by molar-refractivity contribution is 5.88. The molecule has 114 valence electrons. The Hall–Kier alpha value is -2.69. The summed E-state index contributed by atoms with van der Waals surface area (Å²) >= 11 is 0. The van der Waals surface area contributed by atoms with Crippen LogP contribution >= 0.6 is 0 Å². The zero-order chi connectivity index (χ0) is 15.5. The number of phenols is 1. The van der Waals surface area contributed by atoms with Crippen molar-refractivity contribution in [2.75, 3.05) is 36.0 Å². The zero-order valence-corrected chi connectivity index (χ0v) is 12.1. The zero-order valence-electron chi connectivity index (χ0n) is 12.1. The van der Waals surface area contributed by atoms with Gasteiger partial charge in [0.05, 0.1) is 5.56 Å². The average Bonchev–Trinajstić information content (AvgIpc) is 2.56. The van der Waals surface area contributed by atoms with Crippen molar-refractivity contribution in [3.63, 3.8) is 0 Å². The molecule has 0 atom stereocenters. The number of rotatable bonds is 3. The van der Waals surface area contributed by atoms with Crippen LogP contribution in [-0.4, -0.2) is 42.4 Å². The molecule has 1 aliphatic rings. The molecule has 2 aromatic carbocycles. The first-order chi connectivity index (χ1) is 10.6. The number of phenolic OH excluding ortho intramolecular Hbond substituents is 1. The van der Waals surface area contributed by atoms with E-state index in [2.05, 4.69) is 9.80 Å². The van der Waals surface area contributed by atoms with Gasteiger partial charge in [0.2, 0.25) is 0 Å². The highest BCUT2D eigenvalue weighted by atomic mass is 16.4. The molecule has 0 aliphatic carbocycles. The van der Waals surface area contributed by atoms with Gasteiger partial charge in [-0.3, -0.25) is 0 Å². The molecule has 5 heteroatoms. The lowest BCUT2D eigenvalue weighted by Gasteiger charge is -2.37. The van der Waals surface area contributed by atoms with Crippen LogP contribution in [0.1, 0.15) is 10.4 Å². The lowest BCUT2D eigenvalue weighted by atomic mass is 10.1. The largest absolute Gasteiger partial charge is 0.508 e. The third kappa shape index (κ3) is 2.98. The molecule has 0 bridgehead atoms. The molecule has 2 N–H and O–H groups in total. The van der Waals surface area contributed by atoms with Gasteiger partial charge in [-0.05, 0) is 48.5 Å². The summed E-state index contributed by atoms with van der Waals surface area (Å²) in [7, 11) is 0. The van der Waals surface area contributed by atoms with Gasteiger partial charge in [-0.2, -0.15) is 0 Å². The summed E-state index contributed by atoms with van der Waals surface area (Å²) in [6, 6.07) is 14.3. The standard InChI is InChI=1S/C17H18N2O3/c20-16-7-5-15(6-8-16)19-11-9-18(10-12-19)14-3-1-13(2-4-14)17(21)22/h1-8,20H,9-12H2,(H,21,22). The molecule has 0 unspecified atom stereocenters. The molecule has 0 aromatic heterocycles. The van der Waals surface area contributed by atoms with Crippen LogP contribution in [0.4, 0.5) is 11.4 Å². The number of carboxylic acid groups (broad SMARTS) is 1. The summed E-state index contributed by atoms with van der Waals surface area (Å²) in [5.74, 6) is -0.621. The molecule has 1 aliphatic heterocycles. The van der Waals surface area contributed by atoms with Crippen LogP contribution in [0, 0.1) is 0 Å². The lowest BCUT2D eigenvalue weighted by molar-refractivity contribution is 0.0697. The van der Waals surface area contributed by atoms with Gasteiger partial charge < -0.3 is 20.0 Å². The molecule has 3 rings (SSSR count). The second-order valence-electron chi connectivity index (χ2n) is 5.34. The van der Waals surface area contributed by atoms with Crippen LogP contribution in [0.3, 0.4) is 0 Å². The maximum Gasteiger partial charge on any atom is 0.335 e. The van der Waals surface area contributed by atoms with E-state index in [0.29, 0.717) is 5.56 Å². The van der Waals surface area contributed by atoms with E-state index in [1.54, 1.807) is 24.3 Å². The summed E-state index contributed by atoms with van der Waals surface area (Å²) < 4.78 is 0. The van der Waals surface area contributed by atoms with E-state index in [1.807, 2.05) is 24.3 Å². The Morgan fingerprint density at radius 2 is 1.18 bits per heavy atom. The molecular formula is C17H18N2O3. The summed E-state index contributed by atoms with van der Waals surface area (Å²) in [4.78, 5) is 15.4. The Morgan fingerprint density at radius 1 is 0.773 bits per heavy atom. The van der Waals surface area contributed by atoms with Crippen LogP contribution in [0.2, 0.25) is 0 Å². The van der Waals surface area contributed by atoms with Gasteiger partial charge in [0, 0.05) is 37.6 Å². The van der Waals surface area contributed by atoms with Crippen LogP contribution in [0.25, 0.3) is 0 Å². The molecule has 0 amide bonds. The number of hydrogen-bond donors (Lipinski definition) is 2. The monoisotopic (exact) mass is 298 g/mol. The van der Waals surface area contributed by atoms with Crippen molar-refractivity contribution in [3.8, 4) is 5.75 Å². The fraction of sp³-hybridized carbons (Fsp3) is 0.235. The normalized spacial score (nSPS) is 14.9. The number of anilines is 2. The quantitative estimate of drug-likeness (QED) is 0.911. The average molecular weight is 298 g/mol. The fourth-order valence-corrected chi connectivity index (χ4v) is 2.70. The Bertz CT molecular complexity index is 645. The van der Waals surface area contributed by atoms with Crippen molar-refractivity contribution >= 4 is 17.3 Å². The first-order valence-electron chi connectivity index (χ1n) is 7.26. The van der Waals surface area contributed by atoms with Crippen LogP contribution < -0.4 is 9.80 Å². The van der Waals surface area contributed by atoms with E-state index < -0.39 is 5.97 Å². The van der Waals surface area contributed by atoms with E-state index in [-0.39, 0.29) is 5.75 Å². The van der Waals surface area contributed by atoms with Gasteiger partial charge in [0.15, 0.2) is 0 Å². The summed E-state index contributed by atoms with van der Waals surface area (Å²) in [5.41, 5.74) is 2.47. The van der Waals surface area contributed by atoms with Crippen molar-refractivity contribution in [3.05, 3.63) is 54.1 Å². The van der Waals surface area contributed by atoms with E-state index in [0.717, 1.165) is 37.6 Å². The second-order valence-corrected chi connectivity index (χ2v) is 5.34. The molecule has 1 fully saturated rings. The second kappa shape index (κ2) is 5.97. The topological polar surface area (TPSA) is 64.0 Å². The minimum Gasteiger partial charge on any atom is -0.508 e. The highest BCUT2D eigenvalue weighted by Crippen LogP contribution is 2.22. The van der Waals surface area contributed by atoms with Gasteiger partial charge in [-0.1, -0.05) is 0 Å². The number of benzene rings is 2.